The summed E-state index contributed by atoms with van der Waals surface area (Å²) in [6, 6.07) is 20.7. The zero-order valence-corrected chi connectivity index (χ0v) is 15.3. The normalized spacial score (nSPS) is 17.2. The molecule has 0 unspecified atom stereocenters. The highest BCUT2D eigenvalue weighted by molar-refractivity contribution is 6.31. The molecule has 2 nitrogen and oxygen atoms in total. The molecular weight excluding hydrogens is 328 g/mol. The van der Waals surface area contributed by atoms with Crippen molar-refractivity contribution in [2.24, 2.45) is 0 Å². The average molecular weight is 353 g/mol. The van der Waals surface area contributed by atoms with E-state index in [1.807, 2.05) is 24.3 Å². The molecule has 0 aromatic heterocycles. The maximum Gasteiger partial charge on any atom is 0.0342 e. The molecule has 0 spiro atoms. The third-order valence-corrected chi connectivity index (χ3v) is 4.66. The van der Waals surface area contributed by atoms with Crippen LogP contribution in [0.25, 0.3) is 12.2 Å². The van der Waals surface area contributed by atoms with E-state index in [0.29, 0.717) is 0 Å². The van der Waals surface area contributed by atoms with Crippen LogP contribution in [0.4, 0.5) is 0 Å². The largest absolute Gasteiger partial charge is 0.297 e. The number of halogens is 1. The number of hydrogen-bond donors (Lipinski definition) is 0. The minimum atomic E-state index is 0.837. The van der Waals surface area contributed by atoms with Crippen molar-refractivity contribution in [3.05, 3.63) is 82.9 Å². The van der Waals surface area contributed by atoms with Crippen molar-refractivity contribution in [2.45, 2.75) is 0 Å². The van der Waals surface area contributed by atoms with E-state index in [0.717, 1.165) is 49.9 Å². The van der Waals surface area contributed by atoms with Gasteiger partial charge in [0.25, 0.3) is 0 Å². The van der Waals surface area contributed by atoms with Gasteiger partial charge in [0.15, 0.2) is 0 Å². The van der Waals surface area contributed by atoms with Crippen LogP contribution >= 0.6 is 11.6 Å². The van der Waals surface area contributed by atoms with Gasteiger partial charge in [0.05, 0.1) is 0 Å². The Kier molecular flexibility index (Phi) is 6.87. The summed E-state index contributed by atoms with van der Waals surface area (Å²) in [6.07, 6.45) is 6.52. The van der Waals surface area contributed by atoms with E-state index in [1.165, 1.54) is 5.56 Å². The van der Waals surface area contributed by atoms with Gasteiger partial charge in [-0.25, -0.2) is 0 Å². The molecule has 1 saturated heterocycles. The van der Waals surface area contributed by atoms with E-state index in [4.69, 9.17) is 11.6 Å². The van der Waals surface area contributed by atoms with E-state index >= 15 is 0 Å². The van der Waals surface area contributed by atoms with Crippen molar-refractivity contribution in [1.82, 2.24) is 9.80 Å². The van der Waals surface area contributed by atoms with Crippen LogP contribution in [0.2, 0.25) is 0 Å². The Morgan fingerprint density at radius 2 is 1.36 bits per heavy atom. The summed E-state index contributed by atoms with van der Waals surface area (Å²) in [5.74, 6) is 0. The Morgan fingerprint density at radius 1 is 0.800 bits per heavy atom. The lowest BCUT2D eigenvalue weighted by molar-refractivity contribution is 0.153. The summed E-state index contributed by atoms with van der Waals surface area (Å²) in [7, 11) is 0. The van der Waals surface area contributed by atoms with Crippen molar-refractivity contribution >= 4 is 23.8 Å². The molecule has 0 atom stereocenters. The molecule has 1 fully saturated rings. The van der Waals surface area contributed by atoms with Gasteiger partial charge in [-0.1, -0.05) is 84.4 Å². The third-order valence-electron chi connectivity index (χ3n) is 4.44. The number of nitrogens with zero attached hydrogens (tertiary/aromatic N) is 2. The van der Waals surface area contributed by atoms with Gasteiger partial charge in [-0.05, 0) is 17.2 Å². The first kappa shape index (κ1) is 17.9. The predicted octanol–water partition coefficient (Wildman–Crippen LogP) is 4.60. The van der Waals surface area contributed by atoms with Crippen LogP contribution in [-0.2, 0) is 0 Å². The smallest absolute Gasteiger partial charge is 0.0342 e. The van der Waals surface area contributed by atoms with Gasteiger partial charge in [0.2, 0.25) is 0 Å². The summed E-state index contributed by atoms with van der Waals surface area (Å²) in [5, 5.41) is 0.906. The molecule has 3 rings (SSSR count). The van der Waals surface area contributed by atoms with E-state index in [1.54, 1.807) is 0 Å². The summed E-state index contributed by atoms with van der Waals surface area (Å²) in [5.41, 5.74) is 2.43. The average Bonchev–Trinajstić information content (AvgIpc) is 2.65. The maximum atomic E-state index is 6.43. The van der Waals surface area contributed by atoms with Gasteiger partial charge < -0.3 is 0 Å². The minimum Gasteiger partial charge on any atom is -0.297 e. The Hall–Kier alpha value is -1.87. The molecule has 130 valence electrons. The number of piperazine rings is 1. The first-order chi connectivity index (χ1) is 12.3. The van der Waals surface area contributed by atoms with E-state index in [2.05, 4.69) is 64.4 Å². The molecular formula is C22H25ClN2. The van der Waals surface area contributed by atoms with Crippen LogP contribution in [0.1, 0.15) is 11.1 Å². The second-order valence-electron chi connectivity index (χ2n) is 6.39. The highest BCUT2D eigenvalue weighted by Gasteiger charge is 2.16. The quantitative estimate of drug-likeness (QED) is 0.749. The van der Waals surface area contributed by atoms with Gasteiger partial charge in [-0.2, -0.15) is 0 Å². The van der Waals surface area contributed by atoms with Crippen molar-refractivity contribution in [1.29, 1.82) is 0 Å². The van der Waals surface area contributed by atoms with Crippen molar-refractivity contribution in [3.63, 3.8) is 0 Å². The minimum absolute atomic E-state index is 0.837. The van der Waals surface area contributed by atoms with Crippen molar-refractivity contribution < 1.29 is 0 Å². The number of hydrogen-bond acceptors (Lipinski definition) is 2. The Bertz CT molecular complexity index is 686. The van der Waals surface area contributed by atoms with Crippen LogP contribution < -0.4 is 0 Å². The van der Waals surface area contributed by atoms with Gasteiger partial charge in [0, 0.05) is 44.3 Å². The van der Waals surface area contributed by atoms with Crippen LogP contribution in [0.5, 0.6) is 0 Å². The summed E-state index contributed by atoms with van der Waals surface area (Å²) in [4.78, 5) is 4.92. The van der Waals surface area contributed by atoms with Gasteiger partial charge in [0.1, 0.15) is 0 Å². The fraction of sp³-hybridized carbons (Fsp3) is 0.273. The van der Waals surface area contributed by atoms with Crippen LogP contribution in [0.15, 0.2) is 71.8 Å². The number of benzene rings is 2. The summed E-state index contributed by atoms with van der Waals surface area (Å²) in [6.45, 7) is 6.17. The molecule has 3 heteroatoms. The monoisotopic (exact) mass is 352 g/mol. The molecule has 0 saturated carbocycles. The van der Waals surface area contributed by atoms with Crippen LogP contribution in [0, 0.1) is 0 Å². The molecule has 2 aromatic carbocycles. The topological polar surface area (TPSA) is 6.48 Å². The molecule has 1 aliphatic rings. The third kappa shape index (κ3) is 6.17. The summed E-state index contributed by atoms with van der Waals surface area (Å²) < 4.78 is 0. The Morgan fingerprint density at radius 3 is 2.00 bits per heavy atom. The first-order valence-electron chi connectivity index (χ1n) is 8.87. The molecule has 0 aliphatic carbocycles. The fourth-order valence-corrected chi connectivity index (χ4v) is 3.32. The van der Waals surface area contributed by atoms with E-state index in [-0.39, 0.29) is 0 Å². The molecule has 1 aliphatic heterocycles. The zero-order valence-electron chi connectivity index (χ0n) is 14.5. The second kappa shape index (κ2) is 9.57. The molecule has 0 amide bonds. The molecule has 25 heavy (non-hydrogen) atoms. The SMILES string of the molecule is ClC(=Cc1ccccc1)CN1CCN(CC=Cc2ccccc2)CC1. The van der Waals surface area contributed by atoms with Gasteiger partial charge >= 0.3 is 0 Å². The van der Waals surface area contributed by atoms with Gasteiger partial charge in [-0.3, -0.25) is 9.80 Å². The zero-order chi connectivity index (χ0) is 17.3. The second-order valence-corrected chi connectivity index (χ2v) is 6.88. The maximum absolute atomic E-state index is 6.43. The van der Waals surface area contributed by atoms with E-state index < -0.39 is 0 Å². The van der Waals surface area contributed by atoms with Crippen molar-refractivity contribution in [2.75, 3.05) is 39.3 Å². The molecule has 0 N–H and O–H groups in total. The molecule has 1 heterocycles. The summed E-state index contributed by atoms with van der Waals surface area (Å²) >= 11 is 6.43. The Labute approximate surface area is 156 Å². The lowest BCUT2D eigenvalue weighted by atomic mass is 10.2. The van der Waals surface area contributed by atoms with Crippen LogP contribution in [0.3, 0.4) is 0 Å². The lowest BCUT2D eigenvalue weighted by Gasteiger charge is -2.34. The molecule has 2 aromatic rings. The van der Waals surface area contributed by atoms with Crippen LogP contribution in [-0.4, -0.2) is 49.1 Å². The van der Waals surface area contributed by atoms with Crippen molar-refractivity contribution in [3.8, 4) is 0 Å². The highest BCUT2D eigenvalue weighted by atomic mass is 35.5. The van der Waals surface area contributed by atoms with E-state index in [9.17, 15) is 0 Å². The Balaban J connectivity index is 1.41. The first-order valence-corrected chi connectivity index (χ1v) is 9.25. The fourth-order valence-electron chi connectivity index (χ4n) is 3.02. The lowest BCUT2D eigenvalue weighted by Crippen LogP contribution is -2.46. The van der Waals surface area contributed by atoms with Gasteiger partial charge in [-0.15, -0.1) is 0 Å². The standard InChI is InChI=1S/C22H25ClN2/c23-22(18-21-10-5-2-6-11-21)19-25-16-14-24(15-17-25)13-7-12-20-8-3-1-4-9-20/h1-12,18H,13-17,19H2. The highest BCUT2D eigenvalue weighted by Crippen LogP contribution is 2.13. The number of rotatable bonds is 6. The predicted molar refractivity (Wildman–Crippen MR) is 109 cm³/mol. The molecule has 0 bridgehead atoms. The molecule has 0 radical (unpaired) electrons.